The standard InChI is InChI=1S/C12H19N3O/c1-5-6-7-13-8(2)11-9(3)14-10(4)15-12(11)16/h5,8,13H,1,6-7H2,2-4H3,(H,14,15,16). The third-order valence-electron chi connectivity index (χ3n) is 2.50. The predicted octanol–water partition coefficient (Wildman–Crippen LogP) is 1.61. The first-order chi connectivity index (χ1) is 7.56. The van der Waals surface area contributed by atoms with Crippen molar-refractivity contribution in [1.82, 2.24) is 15.3 Å². The lowest BCUT2D eigenvalue weighted by atomic mass is 10.1. The highest BCUT2D eigenvalue weighted by molar-refractivity contribution is 5.19. The molecular formula is C12H19N3O. The van der Waals surface area contributed by atoms with Gasteiger partial charge < -0.3 is 10.3 Å². The van der Waals surface area contributed by atoms with Gasteiger partial charge in [0.2, 0.25) is 0 Å². The molecule has 4 nitrogen and oxygen atoms in total. The van der Waals surface area contributed by atoms with Crippen molar-refractivity contribution in [3.63, 3.8) is 0 Å². The van der Waals surface area contributed by atoms with Crippen LogP contribution in [0.1, 0.15) is 36.5 Å². The van der Waals surface area contributed by atoms with Gasteiger partial charge in [-0.15, -0.1) is 6.58 Å². The first-order valence-corrected chi connectivity index (χ1v) is 5.48. The average molecular weight is 221 g/mol. The number of H-pyrrole nitrogens is 1. The lowest BCUT2D eigenvalue weighted by Crippen LogP contribution is -2.28. The second-order valence-electron chi connectivity index (χ2n) is 3.90. The molecule has 4 heteroatoms. The fourth-order valence-corrected chi connectivity index (χ4v) is 1.75. The fraction of sp³-hybridized carbons (Fsp3) is 0.500. The molecule has 0 fully saturated rings. The number of aromatic nitrogens is 2. The molecule has 0 aliphatic carbocycles. The summed E-state index contributed by atoms with van der Waals surface area (Å²) in [7, 11) is 0. The number of nitrogens with zero attached hydrogens (tertiary/aromatic N) is 1. The van der Waals surface area contributed by atoms with Crippen LogP contribution in [-0.4, -0.2) is 16.5 Å². The molecule has 0 radical (unpaired) electrons. The number of hydrogen-bond donors (Lipinski definition) is 2. The molecule has 1 heterocycles. The number of aromatic amines is 1. The minimum atomic E-state index is -0.0522. The monoisotopic (exact) mass is 221 g/mol. The van der Waals surface area contributed by atoms with Crippen LogP contribution in [0, 0.1) is 13.8 Å². The van der Waals surface area contributed by atoms with Gasteiger partial charge in [0.1, 0.15) is 5.82 Å². The van der Waals surface area contributed by atoms with Crippen molar-refractivity contribution in [3.05, 3.63) is 40.1 Å². The predicted molar refractivity (Wildman–Crippen MR) is 65.6 cm³/mol. The Balaban J connectivity index is 2.86. The van der Waals surface area contributed by atoms with E-state index in [0.717, 1.165) is 24.2 Å². The maximum Gasteiger partial charge on any atom is 0.255 e. The third kappa shape index (κ3) is 3.03. The highest BCUT2D eigenvalue weighted by atomic mass is 16.1. The lowest BCUT2D eigenvalue weighted by Gasteiger charge is -2.14. The summed E-state index contributed by atoms with van der Waals surface area (Å²) in [4.78, 5) is 18.8. The SMILES string of the molecule is C=CCCNC(C)c1c(C)nc(C)[nH]c1=O. The van der Waals surface area contributed by atoms with Crippen molar-refractivity contribution < 1.29 is 0 Å². The van der Waals surface area contributed by atoms with Crippen LogP contribution in [-0.2, 0) is 0 Å². The second-order valence-corrected chi connectivity index (χ2v) is 3.90. The molecule has 1 aromatic heterocycles. The molecule has 16 heavy (non-hydrogen) atoms. The van der Waals surface area contributed by atoms with Crippen molar-refractivity contribution in [2.75, 3.05) is 6.54 Å². The van der Waals surface area contributed by atoms with E-state index in [1.807, 2.05) is 19.9 Å². The summed E-state index contributed by atoms with van der Waals surface area (Å²) in [6.45, 7) is 10.1. The molecule has 0 amide bonds. The van der Waals surface area contributed by atoms with Gasteiger partial charge in [-0.2, -0.15) is 0 Å². The topological polar surface area (TPSA) is 57.8 Å². The smallest absolute Gasteiger partial charge is 0.255 e. The van der Waals surface area contributed by atoms with Gasteiger partial charge in [0, 0.05) is 11.7 Å². The number of aryl methyl sites for hydroxylation is 2. The van der Waals surface area contributed by atoms with Gasteiger partial charge in [-0.1, -0.05) is 6.08 Å². The average Bonchev–Trinajstić information content (AvgIpc) is 2.16. The van der Waals surface area contributed by atoms with E-state index in [1.165, 1.54) is 0 Å². The van der Waals surface area contributed by atoms with Crippen molar-refractivity contribution in [1.29, 1.82) is 0 Å². The van der Waals surface area contributed by atoms with Gasteiger partial charge in [-0.05, 0) is 33.7 Å². The molecular weight excluding hydrogens is 202 g/mol. The van der Waals surface area contributed by atoms with Crippen molar-refractivity contribution in [2.45, 2.75) is 33.2 Å². The largest absolute Gasteiger partial charge is 0.310 e. The van der Waals surface area contributed by atoms with Crippen LogP contribution in [0.3, 0.4) is 0 Å². The number of nitrogens with one attached hydrogen (secondary N) is 2. The highest BCUT2D eigenvalue weighted by Crippen LogP contribution is 2.10. The van der Waals surface area contributed by atoms with Gasteiger partial charge in [-0.3, -0.25) is 4.79 Å². The van der Waals surface area contributed by atoms with Gasteiger partial charge in [0.15, 0.2) is 0 Å². The van der Waals surface area contributed by atoms with Crippen LogP contribution in [0.2, 0.25) is 0 Å². The van der Waals surface area contributed by atoms with E-state index >= 15 is 0 Å². The molecule has 1 rings (SSSR count). The Morgan fingerprint density at radius 2 is 2.25 bits per heavy atom. The van der Waals surface area contributed by atoms with Crippen LogP contribution in [0.5, 0.6) is 0 Å². The van der Waals surface area contributed by atoms with Crippen LogP contribution in [0.15, 0.2) is 17.4 Å². The molecule has 0 aromatic carbocycles. The van der Waals surface area contributed by atoms with E-state index in [-0.39, 0.29) is 11.6 Å². The Morgan fingerprint density at radius 3 is 2.81 bits per heavy atom. The molecule has 0 saturated heterocycles. The maximum absolute atomic E-state index is 11.8. The summed E-state index contributed by atoms with van der Waals surface area (Å²) in [5, 5.41) is 3.27. The Hall–Kier alpha value is -1.42. The maximum atomic E-state index is 11.8. The third-order valence-corrected chi connectivity index (χ3v) is 2.50. The Kier molecular flexibility index (Phi) is 4.43. The van der Waals surface area contributed by atoms with Gasteiger partial charge in [-0.25, -0.2) is 4.98 Å². The zero-order valence-electron chi connectivity index (χ0n) is 10.1. The van der Waals surface area contributed by atoms with E-state index in [1.54, 1.807) is 6.92 Å². The second kappa shape index (κ2) is 5.61. The molecule has 88 valence electrons. The zero-order chi connectivity index (χ0) is 12.1. The van der Waals surface area contributed by atoms with Crippen LogP contribution >= 0.6 is 0 Å². The normalized spacial score (nSPS) is 12.4. The summed E-state index contributed by atoms with van der Waals surface area (Å²) in [5.74, 6) is 0.657. The number of hydrogen-bond acceptors (Lipinski definition) is 3. The summed E-state index contributed by atoms with van der Waals surface area (Å²) in [6.07, 6.45) is 2.74. The summed E-state index contributed by atoms with van der Waals surface area (Å²) < 4.78 is 0. The van der Waals surface area contributed by atoms with Crippen LogP contribution < -0.4 is 10.9 Å². The van der Waals surface area contributed by atoms with Crippen molar-refractivity contribution in [3.8, 4) is 0 Å². The van der Waals surface area contributed by atoms with Crippen LogP contribution in [0.25, 0.3) is 0 Å². The van der Waals surface area contributed by atoms with Crippen LogP contribution in [0.4, 0.5) is 0 Å². The fourth-order valence-electron chi connectivity index (χ4n) is 1.75. The first-order valence-electron chi connectivity index (χ1n) is 5.48. The Morgan fingerprint density at radius 1 is 1.56 bits per heavy atom. The van der Waals surface area contributed by atoms with E-state index in [0.29, 0.717) is 5.82 Å². The quantitative estimate of drug-likeness (QED) is 0.586. The molecule has 0 aliphatic heterocycles. The Bertz CT molecular complexity index is 423. The van der Waals surface area contributed by atoms with E-state index in [9.17, 15) is 4.79 Å². The van der Waals surface area contributed by atoms with E-state index in [4.69, 9.17) is 0 Å². The lowest BCUT2D eigenvalue weighted by molar-refractivity contribution is 0.569. The van der Waals surface area contributed by atoms with Gasteiger partial charge in [0.05, 0.1) is 5.56 Å². The number of rotatable bonds is 5. The van der Waals surface area contributed by atoms with E-state index < -0.39 is 0 Å². The zero-order valence-corrected chi connectivity index (χ0v) is 10.1. The molecule has 0 bridgehead atoms. The Labute approximate surface area is 95.8 Å². The summed E-state index contributed by atoms with van der Waals surface area (Å²) >= 11 is 0. The molecule has 0 spiro atoms. The van der Waals surface area contributed by atoms with Crippen molar-refractivity contribution in [2.24, 2.45) is 0 Å². The van der Waals surface area contributed by atoms with Crippen molar-refractivity contribution >= 4 is 0 Å². The first kappa shape index (κ1) is 12.6. The van der Waals surface area contributed by atoms with Gasteiger partial charge in [0.25, 0.3) is 5.56 Å². The van der Waals surface area contributed by atoms with Gasteiger partial charge >= 0.3 is 0 Å². The molecule has 1 atom stereocenters. The molecule has 1 aromatic rings. The highest BCUT2D eigenvalue weighted by Gasteiger charge is 2.13. The molecule has 0 aliphatic rings. The summed E-state index contributed by atoms with van der Waals surface area (Å²) in [6, 6.07) is 0.0109. The molecule has 1 unspecified atom stereocenters. The molecule has 0 saturated carbocycles. The summed E-state index contributed by atoms with van der Waals surface area (Å²) in [5.41, 5.74) is 1.46. The molecule has 2 N–H and O–H groups in total. The minimum Gasteiger partial charge on any atom is -0.310 e. The minimum absolute atomic E-state index is 0.0109. The van der Waals surface area contributed by atoms with E-state index in [2.05, 4.69) is 21.9 Å².